The third-order valence-corrected chi connectivity index (χ3v) is 3.93. The van der Waals surface area contributed by atoms with Gasteiger partial charge in [-0.3, -0.25) is 0 Å². The molecule has 0 saturated carbocycles. The number of hydrogen-bond donors (Lipinski definition) is 2. The number of benzene rings is 2. The summed E-state index contributed by atoms with van der Waals surface area (Å²) in [6.07, 6.45) is 5.87. The van der Waals surface area contributed by atoms with E-state index in [2.05, 4.69) is 54.2 Å². The number of rotatable bonds is 4. The van der Waals surface area contributed by atoms with Gasteiger partial charge in [0.25, 0.3) is 0 Å². The molecule has 0 aliphatic carbocycles. The van der Waals surface area contributed by atoms with Crippen molar-refractivity contribution in [2.45, 2.75) is 31.3 Å². The third kappa shape index (κ3) is 4.62. The second kappa shape index (κ2) is 7.68. The smallest absolute Gasteiger partial charge is 0.0314 e. The van der Waals surface area contributed by atoms with E-state index in [1.54, 1.807) is 0 Å². The summed E-state index contributed by atoms with van der Waals surface area (Å²) < 4.78 is 0. The van der Waals surface area contributed by atoms with E-state index in [9.17, 15) is 0 Å². The van der Waals surface area contributed by atoms with Gasteiger partial charge in [-0.25, -0.2) is 0 Å². The molecule has 0 bridgehead atoms. The van der Waals surface area contributed by atoms with E-state index in [1.165, 1.54) is 24.0 Å². The van der Waals surface area contributed by atoms with Crippen molar-refractivity contribution in [2.24, 2.45) is 0 Å². The van der Waals surface area contributed by atoms with Crippen molar-refractivity contribution >= 4 is 5.69 Å². The molecule has 2 aromatic rings. The molecule has 0 unspecified atom stereocenters. The van der Waals surface area contributed by atoms with Gasteiger partial charge < -0.3 is 11.1 Å². The topological polar surface area (TPSA) is 38.0 Å². The van der Waals surface area contributed by atoms with E-state index in [1.807, 2.05) is 12.1 Å². The molecule has 3 N–H and O–H groups in total. The molecule has 1 saturated heterocycles. The van der Waals surface area contributed by atoms with Crippen LogP contribution in [0.3, 0.4) is 0 Å². The standard InChI is InChI=1S/C18H21N2.Mo/c19-16-8-6-15(7-9-16)13-18-11-10-17(20-18)12-14-4-2-1-3-5-14;/h1-9,12,17-18,20H,10-11,13,19H2;/q-1;/t17-,18+;/m1./s1. The van der Waals surface area contributed by atoms with E-state index in [-0.39, 0.29) is 21.1 Å². The van der Waals surface area contributed by atoms with Crippen LogP contribution in [0, 0.1) is 6.42 Å². The van der Waals surface area contributed by atoms with Gasteiger partial charge in [-0.15, -0.1) is 12.1 Å². The molecule has 2 atom stereocenters. The Morgan fingerprint density at radius 3 is 2.43 bits per heavy atom. The van der Waals surface area contributed by atoms with E-state index in [0.717, 1.165) is 12.1 Å². The van der Waals surface area contributed by atoms with Crippen molar-refractivity contribution in [3.05, 3.63) is 72.1 Å². The van der Waals surface area contributed by atoms with Crippen LogP contribution in [-0.4, -0.2) is 12.1 Å². The van der Waals surface area contributed by atoms with Gasteiger partial charge in [-0.1, -0.05) is 18.2 Å². The Morgan fingerprint density at radius 2 is 1.71 bits per heavy atom. The quantitative estimate of drug-likeness (QED) is 0.499. The third-order valence-electron chi connectivity index (χ3n) is 3.93. The van der Waals surface area contributed by atoms with Crippen LogP contribution >= 0.6 is 0 Å². The summed E-state index contributed by atoms with van der Waals surface area (Å²) in [6, 6.07) is 19.9. The van der Waals surface area contributed by atoms with Crippen molar-refractivity contribution in [3.63, 3.8) is 0 Å². The van der Waals surface area contributed by atoms with Crippen LogP contribution in [0.1, 0.15) is 24.0 Å². The van der Waals surface area contributed by atoms with Gasteiger partial charge in [0.15, 0.2) is 0 Å². The van der Waals surface area contributed by atoms with E-state index >= 15 is 0 Å². The zero-order valence-electron chi connectivity index (χ0n) is 12.0. The summed E-state index contributed by atoms with van der Waals surface area (Å²) in [7, 11) is 0. The molecule has 0 radical (unpaired) electrons. The molecule has 21 heavy (non-hydrogen) atoms. The molecule has 110 valence electrons. The minimum absolute atomic E-state index is 0. The molecular weight excluding hydrogens is 340 g/mol. The van der Waals surface area contributed by atoms with Crippen molar-refractivity contribution in [3.8, 4) is 0 Å². The van der Waals surface area contributed by atoms with Gasteiger partial charge in [0.2, 0.25) is 0 Å². The van der Waals surface area contributed by atoms with Gasteiger partial charge in [0, 0.05) is 32.8 Å². The zero-order chi connectivity index (χ0) is 13.8. The van der Waals surface area contributed by atoms with Crippen molar-refractivity contribution in [2.75, 3.05) is 5.73 Å². The molecule has 3 heteroatoms. The second-order valence-corrected chi connectivity index (χ2v) is 5.57. The minimum atomic E-state index is 0. The van der Waals surface area contributed by atoms with Gasteiger partial charge in [-0.05, 0) is 43.0 Å². The Hall–Kier alpha value is -1.24. The van der Waals surface area contributed by atoms with Crippen LogP contribution in [0.2, 0.25) is 0 Å². The fraction of sp³-hybridized carbons (Fsp3) is 0.278. The van der Waals surface area contributed by atoms with E-state index in [0.29, 0.717) is 12.1 Å². The fourth-order valence-corrected chi connectivity index (χ4v) is 2.88. The summed E-state index contributed by atoms with van der Waals surface area (Å²) in [4.78, 5) is 0. The number of hydrogen-bond acceptors (Lipinski definition) is 2. The maximum atomic E-state index is 5.72. The molecule has 1 heterocycles. The molecule has 0 spiro atoms. The SMILES string of the molecule is Nc1ccc(C[C@@H]2CC[C@H]([CH-]c3ccccc3)N2)cc1.[Mo]. The first kappa shape index (κ1) is 16.1. The van der Waals surface area contributed by atoms with Crippen LogP contribution in [0.15, 0.2) is 54.6 Å². The van der Waals surface area contributed by atoms with Gasteiger partial charge in [0.1, 0.15) is 0 Å². The predicted molar refractivity (Wildman–Crippen MR) is 84.3 cm³/mol. The molecule has 0 aromatic heterocycles. The molecule has 0 amide bonds. The first-order chi connectivity index (χ1) is 9.79. The maximum Gasteiger partial charge on any atom is 0.0314 e. The summed E-state index contributed by atoms with van der Waals surface area (Å²) in [5.41, 5.74) is 9.22. The maximum absolute atomic E-state index is 5.72. The van der Waals surface area contributed by atoms with Crippen LogP contribution in [0.4, 0.5) is 5.69 Å². The monoisotopic (exact) mass is 363 g/mol. The summed E-state index contributed by atoms with van der Waals surface area (Å²) in [6.45, 7) is 0. The second-order valence-electron chi connectivity index (χ2n) is 5.57. The molecule has 1 aliphatic heterocycles. The molecule has 3 rings (SSSR count). The predicted octanol–water partition coefficient (Wildman–Crippen LogP) is 3.18. The first-order valence-electron chi connectivity index (χ1n) is 7.30. The number of nitrogens with one attached hydrogen (secondary N) is 1. The molecular formula is C18H21MoN2-. The van der Waals surface area contributed by atoms with Crippen LogP contribution in [0.5, 0.6) is 0 Å². The Morgan fingerprint density at radius 1 is 1.00 bits per heavy atom. The van der Waals surface area contributed by atoms with Gasteiger partial charge in [0.05, 0.1) is 0 Å². The van der Waals surface area contributed by atoms with E-state index in [4.69, 9.17) is 5.73 Å². The Balaban J connectivity index is 0.00000161. The number of nitrogens with two attached hydrogens (primary N) is 1. The normalized spacial score (nSPS) is 20.8. The van der Waals surface area contributed by atoms with Gasteiger partial charge in [-0.2, -0.15) is 24.1 Å². The fourth-order valence-electron chi connectivity index (χ4n) is 2.88. The summed E-state index contributed by atoms with van der Waals surface area (Å²) >= 11 is 0. The zero-order valence-corrected chi connectivity index (χ0v) is 14.0. The van der Waals surface area contributed by atoms with Crippen LogP contribution < -0.4 is 11.1 Å². The Bertz CT molecular complexity index is 539. The Labute approximate surface area is 141 Å². The first-order valence-corrected chi connectivity index (χ1v) is 7.30. The molecule has 2 aromatic carbocycles. The largest absolute Gasteiger partial charge is 0.399 e. The van der Waals surface area contributed by atoms with Crippen LogP contribution in [-0.2, 0) is 27.5 Å². The van der Waals surface area contributed by atoms with Crippen LogP contribution in [0.25, 0.3) is 0 Å². The molecule has 1 aliphatic rings. The molecule has 2 nitrogen and oxygen atoms in total. The summed E-state index contributed by atoms with van der Waals surface area (Å²) in [5.74, 6) is 0. The van der Waals surface area contributed by atoms with Gasteiger partial charge >= 0.3 is 0 Å². The van der Waals surface area contributed by atoms with Crippen molar-refractivity contribution in [1.29, 1.82) is 0 Å². The van der Waals surface area contributed by atoms with Crippen molar-refractivity contribution in [1.82, 2.24) is 5.32 Å². The molecule has 1 fully saturated rings. The number of anilines is 1. The minimum Gasteiger partial charge on any atom is -0.399 e. The van der Waals surface area contributed by atoms with E-state index < -0.39 is 0 Å². The average Bonchev–Trinajstić information content (AvgIpc) is 2.90. The summed E-state index contributed by atoms with van der Waals surface area (Å²) in [5, 5.41) is 3.72. The number of nitrogen functional groups attached to an aromatic ring is 1. The van der Waals surface area contributed by atoms with Crippen molar-refractivity contribution < 1.29 is 21.1 Å². The average molecular weight is 361 g/mol. The Kier molecular flexibility index (Phi) is 5.90.